The monoisotopic (exact) mass is 315 g/mol. The number of hydroxylamine groups is 2. The topological polar surface area (TPSA) is 63.7 Å². The number of carbonyl (C=O) groups excluding carboxylic acids is 1. The predicted molar refractivity (Wildman–Crippen MR) is 75.5 cm³/mol. The van der Waals surface area contributed by atoms with E-state index in [1.165, 1.54) is 26.0 Å². The first-order chi connectivity index (χ1) is 9.64. The zero-order valence-corrected chi connectivity index (χ0v) is 13.0. The first-order valence-electron chi connectivity index (χ1n) is 6.56. The van der Waals surface area contributed by atoms with E-state index in [9.17, 15) is 17.6 Å². The minimum absolute atomic E-state index is 0.313. The van der Waals surface area contributed by atoms with Crippen LogP contribution in [0.1, 0.15) is 31.9 Å². The van der Waals surface area contributed by atoms with Gasteiger partial charge >= 0.3 is 0 Å². The molecular formula is C14H18FNO4S. The van der Waals surface area contributed by atoms with Gasteiger partial charge < -0.3 is 0 Å². The van der Waals surface area contributed by atoms with Gasteiger partial charge in [-0.05, 0) is 31.5 Å². The average molecular weight is 315 g/mol. The molecule has 21 heavy (non-hydrogen) atoms. The summed E-state index contributed by atoms with van der Waals surface area (Å²) in [6, 6.07) is 5.35. The van der Waals surface area contributed by atoms with E-state index in [4.69, 9.17) is 4.84 Å². The fourth-order valence-corrected chi connectivity index (χ4v) is 2.49. The highest BCUT2D eigenvalue weighted by Gasteiger charge is 2.45. The summed E-state index contributed by atoms with van der Waals surface area (Å²) in [6.07, 6.45) is 1.56. The van der Waals surface area contributed by atoms with Gasteiger partial charge in [0.05, 0.1) is 12.6 Å². The molecule has 1 aliphatic heterocycles. The number of hydrogen-bond donors (Lipinski definition) is 0. The molecular weight excluding hydrogens is 297 g/mol. The summed E-state index contributed by atoms with van der Waals surface area (Å²) < 4.78 is 35.0. The fraction of sp³-hybridized carbons (Fsp3) is 0.500. The van der Waals surface area contributed by atoms with Crippen LogP contribution in [0.15, 0.2) is 24.3 Å². The molecule has 0 N–H and O–H groups in total. The molecule has 0 unspecified atom stereocenters. The average Bonchev–Trinajstić information content (AvgIpc) is 2.86. The number of amides is 1. The van der Waals surface area contributed by atoms with Crippen LogP contribution in [-0.2, 0) is 19.5 Å². The van der Waals surface area contributed by atoms with Crippen molar-refractivity contribution in [2.45, 2.75) is 31.1 Å². The first kappa shape index (κ1) is 15.9. The molecule has 1 aromatic carbocycles. The first-order valence-corrected chi connectivity index (χ1v) is 8.45. The summed E-state index contributed by atoms with van der Waals surface area (Å²) in [5.74, 6) is -0.983. The second-order valence-electron chi connectivity index (χ2n) is 5.60. The normalized spacial score (nSPS) is 19.8. The van der Waals surface area contributed by atoms with Crippen LogP contribution in [-0.4, -0.2) is 37.0 Å². The summed E-state index contributed by atoms with van der Waals surface area (Å²) >= 11 is 0. The lowest BCUT2D eigenvalue weighted by Gasteiger charge is -2.30. The standard InChI is InChI=1S/C14H18FNO4S/c1-14(2,21(3,18)19)13(17)16-12(8-9-20-16)10-4-6-11(15)7-5-10/h4-7,12H,8-9H2,1-3H3/t12-/m0/s1. The lowest BCUT2D eigenvalue weighted by Crippen LogP contribution is -2.48. The summed E-state index contributed by atoms with van der Waals surface area (Å²) in [5.41, 5.74) is 0.714. The molecule has 1 amide bonds. The van der Waals surface area contributed by atoms with E-state index in [1.807, 2.05) is 0 Å². The van der Waals surface area contributed by atoms with Gasteiger partial charge in [-0.25, -0.2) is 17.9 Å². The van der Waals surface area contributed by atoms with Crippen molar-refractivity contribution in [3.05, 3.63) is 35.6 Å². The number of sulfone groups is 1. The number of halogens is 1. The summed E-state index contributed by atoms with van der Waals surface area (Å²) in [5, 5.41) is 1.11. The van der Waals surface area contributed by atoms with Crippen molar-refractivity contribution >= 4 is 15.7 Å². The van der Waals surface area contributed by atoms with Crippen molar-refractivity contribution < 1.29 is 22.4 Å². The molecule has 5 nitrogen and oxygen atoms in total. The van der Waals surface area contributed by atoms with Crippen LogP contribution < -0.4 is 0 Å². The quantitative estimate of drug-likeness (QED) is 0.854. The van der Waals surface area contributed by atoms with Crippen LogP contribution >= 0.6 is 0 Å². The van der Waals surface area contributed by atoms with Gasteiger partial charge in [-0.3, -0.25) is 9.63 Å². The van der Waals surface area contributed by atoms with Crippen molar-refractivity contribution in [2.24, 2.45) is 0 Å². The Bertz CT molecular complexity index is 639. The molecule has 0 radical (unpaired) electrons. The van der Waals surface area contributed by atoms with Crippen LogP contribution in [0.4, 0.5) is 4.39 Å². The summed E-state index contributed by atoms with van der Waals surface area (Å²) in [4.78, 5) is 17.8. The van der Waals surface area contributed by atoms with Gasteiger partial charge in [0.1, 0.15) is 10.6 Å². The predicted octanol–water partition coefficient (Wildman–Crippen LogP) is 1.85. The fourth-order valence-electron chi connectivity index (χ4n) is 2.08. The molecule has 1 aromatic rings. The maximum atomic E-state index is 13.0. The maximum absolute atomic E-state index is 13.0. The van der Waals surface area contributed by atoms with E-state index in [0.29, 0.717) is 18.6 Å². The van der Waals surface area contributed by atoms with E-state index in [2.05, 4.69) is 0 Å². The Hall–Kier alpha value is -1.47. The minimum Gasteiger partial charge on any atom is -0.271 e. The van der Waals surface area contributed by atoms with Gasteiger partial charge in [0.2, 0.25) is 0 Å². The van der Waals surface area contributed by atoms with Crippen molar-refractivity contribution in [1.29, 1.82) is 0 Å². The third-order valence-electron chi connectivity index (χ3n) is 3.80. The maximum Gasteiger partial charge on any atom is 0.267 e. The highest BCUT2D eigenvalue weighted by molar-refractivity contribution is 7.92. The van der Waals surface area contributed by atoms with Crippen LogP contribution in [0.5, 0.6) is 0 Å². The lowest BCUT2D eigenvalue weighted by atomic mass is 10.0. The van der Waals surface area contributed by atoms with Gasteiger partial charge in [-0.2, -0.15) is 0 Å². The van der Waals surface area contributed by atoms with Crippen molar-refractivity contribution in [2.75, 3.05) is 12.9 Å². The Kier molecular flexibility index (Phi) is 4.08. The molecule has 1 atom stereocenters. The van der Waals surface area contributed by atoms with Gasteiger partial charge in [0.15, 0.2) is 9.84 Å². The van der Waals surface area contributed by atoms with Crippen molar-refractivity contribution in [3.63, 3.8) is 0 Å². The molecule has 1 aliphatic rings. The number of rotatable bonds is 3. The van der Waals surface area contributed by atoms with E-state index < -0.39 is 26.5 Å². The third-order valence-corrected chi connectivity index (χ3v) is 5.83. The molecule has 1 saturated heterocycles. The second kappa shape index (κ2) is 5.38. The minimum atomic E-state index is -3.58. The molecule has 0 aliphatic carbocycles. The van der Waals surface area contributed by atoms with E-state index in [1.54, 1.807) is 12.1 Å². The van der Waals surface area contributed by atoms with E-state index >= 15 is 0 Å². The molecule has 1 fully saturated rings. The number of carbonyl (C=O) groups is 1. The molecule has 0 bridgehead atoms. The van der Waals surface area contributed by atoms with Crippen LogP contribution in [0.25, 0.3) is 0 Å². The summed E-state index contributed by atoms with van der Waals surface area (Å²) in [7, 11) is -3.58. The van der Waals surface area contributed by atoms with Gasteiger partial charge in [0, 0.05) is 12.7 Å². The Balaban J connectivity index is 2.31. The van der Waals surface area contributed by atoms with Gasteiger partial charge in [-0.15, -0.1) is 0 Å². The van der Waals surface area contributed by atoms with E-state index in [0.717, 1.165) is 11.3 Å². The third kappa shape index (κ3) is 2.94. The molecule has 0 spiro atoms. The Morgan fingerprint density at radius 2 is 1.90 bits per heavy atom. The van der Waals surface area contributed by atoms with Gasteiger partial charge in [-0.1, -0.05) is 12.1 Å². The number of hydrogen-bond acceptors (Lipinski definition) is 4. The molecule has 0 aromatic heterocycles. The SMILES string of the molecule is CC(C)(C(=O)N1OCC[C@H]1c1ccc(F)cc1)S(C)(=O)=O. The number of nitrogens with zero attached hydrogens (tertiary/aromatic N) is 1. The molecule has 1 heterocycles. The molecule has 7 heteroatoms. The second-order valence-corrected chi connectivity index (χ2v) is 8.17. The van der Waals surface area contributed by atoms with Crippen LogP contribution in [0.3, 0.4) is 0 Å². The Labute approximate surface area is 123 Å². The van der Waals surface area contributed by atoms with E-state index in [-0.39, 0.29) is 5.82 Å². The lowest BCUT2D eigenvalue weighted by molar-refractivity contribution is -0.179. The Morgan fingerprint density at radius 1 is 1.33 bits per heavy atom. The largest absolute Gasteiger partial charge is 0.271 e. The van der Waals surface area contributed by atoms with Crippen LogP contribution in [0.2, 0.25) is 0 Å². The molecule has 116 valence electrons. The highest BCUT2D eigenvalue weighted by atomic mass is 32.2. The number of benzene rings is 1. The zero-order chi connectivity index (χ0) is 15.8. The van der Waals surface area contributed by atoms with Crippen LogP contribution in [0, 0.1) is 5.82 Å². The Morgan fingerprint density at radius 3 is 2.43 bits per heavy atom. The van der Waals surface area contributed by atoms with Gasteiger partial charge in [0.25, 0.3) is 5.91 Å². The smallest absolute Gasteiger partial charge is 0.267 e. The van der Waals surface area contributed by atoms with Crippen molar-refractivity contribution in [3.8, 4) is 0 Å². The molecule has 0 saturated carbocycles. The zero-order valence-electron chi connectivity index (χ0n) is 12.2. The van der Waals surface area contributed by atoms with Crippen molar-refractivity contribution in [1.82, 2.24) is 5.06 Å². The summed E-state index contributed by atoms with van der Waals surface area (Å²) in [6.45, 7) is 3.02. The highest BCUT2D eigenvalue weighted by Crippen LogP contribution is 2.33. The molecule has 2 rings (SSSR count).